The molecule has 2 rings (SSSR count). The van der Waals surface area contributed by atoms with Crippen molar-refractivity contribution in [2.45, 2.75) is 91.0 Å². The van der Waals surface area contributed by atoms with Crippen molar-refractivity contribution in [1.29, 1.82) is 0 Å². The van der Waals surface area contributed by atoms with E-state index in [0.29, 0.717) is 5.92 Å². The van der Waals surface area contributed by atoms with Gasteiger partial charge >= 0.3 is 0 Å². The molecule has 3 atom stereocenters. The van der Waals surface area contributed by atoms with E-state index >= 15 is 0 Å². The Morgan fingerprint density at radius 3 is 2.09 bits per heavy atom. The average molecular weight is 312 g/mol. The number of hydrogen-bond acceptors (Lipinski definition) is 4. The smallest absolute Gasteiger partial charge is 0.105 e. The zero-order valence-corrected chi connectivity index (χ0v) is 15.6. The van der Waals surface area contributed by atoms with Crippen LogP contribution in [0.2, 0.25) is 0 Å². The van der Waals surface area contributed by atoms with Gasteiger partial charge in [-0.3, -0.25) is 4.84 Å². The van der Waals surface area contributed by atoms with Gasteiger partial charge in [-0.1, -0.05) is 20.8 Å². The van der Waals surface area contributed by atoms with Crippen molar-refractivity contribution in [3.05, 3.63) is 0 Å². The zero-order valence-electron chi connectivity index (χ0n) is 15.6. The lowest BCUT2D eigenvalue weighted by Gasteiger charge is -2.53. The van der Waals surface area contributed by atoms with Gasteiger partial charge in [-0.2, -0.15) is 5.06 Å². The molecular weight excluding hydrogens is 276 g/mol. The van der Waals surface area contributed by atoms with Crippen LogP contribution < -0.4 is 5.32 Å². The first-order chi connectivity index (χ1) is 9.93. The van der Waals surface area contributed by atoms with Crippen LogP contribution in [-0.2, 0) is 4.84 Å². The molecule has 0 aromatic rings. The molecule has 0 spiro atoms. The van der Waals surface area contributed by atoms with Crippen LogP contribution in [0, 0.1) is 11.3 Å². The highest BCUT2D eigenvalue weighted by Crippen LogP contribution is 2.40. The van der Waals surface area contributed by atoms with Crippen LogP contribution in [-0.4, -0.2) is 46.5 Å². The van der Waals surface area contributed by atoms with Gasteiger partial charge in [0.05, 0.1) is 17.2 Å². The van der Waals surface area contributed by atoms with E-state index in [-0.39, 0.29) is 28.7 Å². The second kappa shape index (κ2) is 6.04. The molecular formula is C18H36N2O2. The number of piperazine rings is 1. The van der Waals surface area contributed by atoms with E-state index in [4.69, 9.17) is 4.84 Å². The molecule has 22 heavy (non-hydrogen) atoms. The molecule has 1 aliphatic carbocycles. The summed E-state index contributed by atoms with van der Waals surface area (Å²) < 4.78 is 0. The fraction of sp³-hybridized carbons (Fsp3) is 1.00. The Kier molecular flexibility index (Phi) is 5.00. The summed E-state index contributed by atoms with van der Waals surface area (Å²) in [6, 6.07) is 0. The Labute approximate surface area is 136 Å². The van der Waals surface area contributed by atoms with Crippen LogP contribution in [0.4, 0.5) is 0 Å². The molecule has 0 aromatic carbocycles. The Bertz CT molecular complexity index is 371. The van der Waals surface area contributed by atoms with Crippen molar-refractivity contribution in [3.8, 4) is 0 Å². The van der Waals surface area contributed by atoms with Crippen molar-refractivity contribution in [2.24, 2.45) is 11.3 Å². The van der Waals surface area contributed by atoms with Crippen LogP contribution in [0.1, 0.15) is 67.7 Å². The third kappa shape index (κ3) is 3.84. The van der Waals surface area contributed by atoms with E-state index in [1.54, 1.807) is 0 Å². The Hall–Kier alpha value is -0.160. The lowest BCUT2D eigenvalue weighted by Crippen LogP contribution is -2.68. The first-order valence-electron chi connectivity index (χ1n) is 8.79. The zero-order chi connectivity index (χ0) is 16.8. The lowest BCUT2D eigenvalue weighted by molar-refractivity contribution is -0.318. The highest BCUT2D eigenvalue weighted by Gasteiger charge is 2.46. The van der Waals surface area contributed by atoms with Gasteiger partial charge in [-0.25, -0.2) is 0 Å². The minimum atomic E-state index is -0.347. The van der Waals surface area contributed by atoms with Crippen LogP contribution >= 0.6 is 0 Å². The van der Waals surface area contributed by atoms with E-state index in [2.05, 4.69) is 58.8 Å². The summed E-state index contributed by atoms with van der Waals surface area (Å²) >= 11 is 0. The summed E-state index contributed by atoms with van der Waals surface area (Å²) in [5.74, 6) is 0.607. The van der Waals surface area contributed by atoms with Crippen LogP contribution in [0.15, 0.2) is 0 Å². The first kappa shape index (κ1) is 18.2. The van der Waals surface area contributed by atoms with E-state index in [0.717, 1.165) is 32.4 Å². The number of rotatable bonds is 2. The second-order valence-electron chi connectivity index (χ2n) is 9.61. The highest BCUT2D eigenvalue weighted by molar-refractivity contribution is 4.97. The van der Waals surface area contributed by atoms with Crippen molar-refractivity contribution < 1.29 is 9.94 Å². The predicted molar refractivity (Wildman–Crippen MR) is 90.5 cm³/mol. The molecule has 1 aliphatic heterocycles. The fourth-order valence-electron chi connectivity index (χ4n) is 4.07. The number of hydrogen-bond donors (Lipinski definition) is 2. The molecule has 4 nitrogen and oxygen atoms in total. The molecule has 130 valence electrons. The van der Waals surface area contributed by atoms with E-state index < -0.39 is 0 Å². The molecule has 2 aliphatic rings. The van der Waals surface area contributed by atoms with Crippen LogP contribution in [0.5, 0.6) is 0 Å². The summed E-state index contributed by atoms with van der Waals surface area (Å²) in [4.78, 5) is 6.44. The average Bonchev–Trinajstić information content (AvgIpc) is 2.33. The lowest BCUT2D eigenvalue weighted by atomic mass is 9.71. The molecule has 0 unspecified atom stereocenters. The monoisotopic (exact) mass is 312 g/mol. The number of aliphatic hydroxyl groups excluding tert-OH is 1. The maximum Gasteiger partial charge on any atom is 0.105 e. The largest absolute Gasteiger partial charge is 0.390 e. The molecule has 1 saturated heterocycles. The van der Waals surface area contributed by atoms with E-state index in [1.807, 2.05) is 0 Å². The number of aliphatic hydroxyl groups is 1. The Morgan fingerprint density at radius 1 is 1.05 bits per heavy atom. The van der Waals surface area contributed by atoms with Crippen LogP contribution in [0.3, 0.4) is 0 Å². The Balaban J connectivity index is 2.12. The maximum atomic E-state index is 10.5. The van der Waals surface area contributed by atoms with Crippen molar-refractivity contribution in [1.82, 2.24) is 10.4 Å². The third-order valence-corrected chi connectivity index (χ3v) is 5.44. The van der Waals surface area contributed by atoms with Gasteiger partial charge in [0.15, 0.2) is 0 Å². The molecule has 0 bridgehead atoms. The second-order valence-corrected chi connectivity index (χ2v) is 9.61. The maximum absolute atomic E-state index is 10.5. The topological polar surface area (TPSA) is 44.7 Å². The molecule has 0 amide bonds. The number of nitrogens with one attached hydrogen (secondary N) is 1. The van der Waals surface area contributed by atoms with E-state index in [9.17, 15) is 5.11 Å². The Morgan fingerprint density at radius 2 is 1.59 bits per heavy atom. The summed E-state index contributed by atoms with van der Waals surface area (Å²) in [5, 5.41) is 16.1. The third-order valence-electron chi connectivity index (χ3n) is 5.44. The molecule has 4 heteroatoms. The van der Waals surface area contributed by atoms with Gasteiger partial charge in [-0.15, -0.1) is 0 Å². The summed E-state index contributed by atoms with van der Waals surface area (Å²) in [5.41, 5.74) is 0.128. The highest BCUT2D eigenvalue weighted by atomic mass is 16.7. The fourth-order valence-corrected chi connectivity index (χ4v) is 4.07. The van der Waals surface area contributed by atoms with Crippen LogP contribution in [0.25, 0.3) is 0 Å². The van der Waals surface area contributed by atoms with Gasteiger partial charge in [0.25, 0.3) is 0 Å². The van der Waals surface area contributed by atoms with Gasteiger partial charge in [0.2, 0.25) is 0 Å². The molecule has 1 heterocycles. The van der Waals surface area contributed by atoms with Crippen molar-refractivity contribution in [2.75, 3.05) is 13.1 Å². The van der Waals surface area contributed by atoms with E-state index in [1.165, 1.54) is 0 Å². The van der Waals surface area contributed by atoms with Crippen molar-refractivity contribution in [3.63, 3.8) is 0 Å². The van der Waals surface area contributed by atoms with Crippen molar-refractivity contribution >= 4 is 0 Å². The molecule has 1 saturated carbocycles. The molecule has 2 fully saturated rings. The first-order valence-corrected chi connectivity index (χ1v) is 8.79. The van der Waals surface area contributed by atoms with Gasteiger partial charge in [0, 0.05) is 13.1 Å². The normalized spacial score (nSPS) is 36.3. The summed E-state index contributed by atoms with van der Waals surface area (Å²) in [7, 11) is 0. The van der Waals surface area contributed by atoms with Gasteiger partial charge in [-0.05, 0) is 58.3 Å². The number of nitrogens with zero attached hydrogens (tertiary/aromatic N) is 1. The minimum Gasteiger partial charge on any atom is -0.390 e. The SMILES string of the molecule is CC(C)(C)[C@H]1CC[C@@H](O)[C@@H](ON2C(C)(C)CNCC2(C)C)C1. The summed E-state index contributed by atoms with van der Waals surface area (Å²) in [6.45, 7) is 17.5. The van der Waals surface area contributed by atoms with Gasteiger partial charge < -0.3 is 10.4 Å². The van der Waals surface area contributed by atoms with Gasteiger partial charge in [0.1, 0.15) is 6.10 Å². The molecule has 0 aromatic heterocycles. The molecule has 2 N–H and O–H groups in total. The quantitative estimate of drug-likeness (QED) is 0.823. The summed E-state index contributed by atoms with van der Waals surface area (Å²) in [6.07, 6.45) is 2.45. The minimum absolute atomic E-state index is 0.0733. The predicted octanol–water partition coefficient (Wildman–Crippen LogP) is 2.96. The number of hydroxylamine groups is 2. The standard InChI is InChI=1S/C18H36N2O2/c1-16(2,3)13-8-9-14(21)15(10-13)22-20-17(4,5)11-19-12-18(20,6)7/h13-15,19,21H,8-12H2,1-7H3/t13-,14+,15-/m0/s1. The molecule has 0 radical (unpaired) electrons.